The number of benzene rings is 1. The molecule has 2 rings (SSSR count). The maximum Gasteiger partial charge on any atom is 0.335 e. The van der Waals surface area contributed by atoms with Crippen molar-refractivity contribution in [2.75, 3.05) is 0 Å². The molecule has 1 heterocycles. The second-order valence-corrected chi connectivity index (χ2v) is 3.76. The first kappa shape index (κ1) is 11.3. The Kier molecular flexibility index (Phi) is 2.67. The van der Waals surface area contributed by atoms with Crippen molar-refractivity contribution in [3.05, 3.63) is 47.3 Å². The van der Waals surface area contributed by atoms with E-state index in [1.54, 1.807) is 4.57 Å². The molecule has 5 heteroatoms. The molecule has 0 saturated carbocycles. The standard InChI is InChI=1S/C12H11FN2O2/c1-7-8(2)15(6-14-7)11-4-3-9(12(16)17)5-10(11)13/h3-6H,1-2H3,(H,16,17). The lowest BCUT2D eigenvalue weighted by molar-refractivity contribution is 0.0696. The average Bonchev–Trinajstić information content (AvgIpc) is 2.60. The van der Waals surface area contributed by atoms with Crippen LogP contribution in [-0.2, 0) is 0 Å². The number of hydrogen-bond acceptors (Lipinski definition) is 2. The quantitative estimate of drug-likeness (QED) is 0.867. The highest BCUT2D eigenvalue weighted by molar-refractivity contribution is 5.87. The molecule has 17 heavy (non-hydrogen) atoms. The number of nitrogens with zero attached hydrogens (tertiary/aromatic N) is 2. The zero-order valence-electron chi connectivity index (χ0n) is 9.44. The number of aromatic nitrogens is 2. The largest absolute Gasteiger partial charge is 0.478 e. The van der Waals surface area contributed by atoms with E-state index < -0.39 is 11.8 Å². The second kappa shape index (κ2) is 4.01. The van der Waals surface area contributed by atoms with Gasteiger partial charge in [0.05, 0.1) is 23.3 Å². The molecule has 0 spiro atoms. The van der Waals surface area contributed by atoms with Crippen molar-refractivity contribution in [2.24, 2.45) is 0 Å². The summed E-state index contributed by atoms with van der Waals surface area (Å²) in [6, 6.07) is 3.81. The lowest BCUT2D eigenvalue weighted by Gasteiger charge is -2.07. The highest BCUT2D eigenvalue weighted by Gasteiger charge is 2.12. The lowest BCUT2D eigenvalue weighted by atomic mass is 10.2. The molecule has 1 aromatic carbocycles. The Morgan fingerprint density at radius 3 is 2.59 bits per heavy atom. The molecule has 0 bridgehead atoms. The summed E-state index contributed by atoms with van der Waals surface area (Å²) < 4.78 is 15.4. The van der Waals surface area contributed by atoms with Gasteiger partial charge < -0.3 is 9.67 Å². The van der Waals surface area contributed by atoms with Crippen molar-refractivity contribution in [3.63, 3.8) is 0 Å². The van der Waals surface area contributed by atoms with Crippen LogP contribution in [0.4, 0.5) is 4.39 Å². The summed E-state index contributed by atoms with van der Waals surface area (Å²) in [5.74, 6) is -1.72. The highest BCUT2D eigenvalue weighted by atomic mass is 19.1. The fourth-order valence-electron chi connectivity index (χ4n) is 1.58. The van der Waals surface area contributed by atoms with Gasteiger partial charge in [0, 0.05) is 5.69 Å². The van der Waals surface area contributed by atoms with Gasteiger partial charge in [0.15, 0.2) is 0 Å². The Bertz CT molecular complexity index is 590. The molecule has 0 radical (unpaired) electrons. The zero-order chi connectivity index (χ0) is 12.6. The Morgan fingerprint density at radius 2 is 2.12 bits per heavy atom. The zero-order valence-corrected chi connectivity index (χ0v) is 9.44. The van der Waals surface area contributed by atoms with Gasteiger partial charge in [-0.2, -0.15) is 0 Å². The molecule has 0 atom stereocenters. The lowest BCUT2D eigenvalue weighted by Crippen LogP contribution is -2.02. The van der Waals surface area contributed by atoms with Gasteiger partial charge >= 0.3 is 5.97 Å². The second-order valence-electron chi connectivity index (χ2n) is 3.76. The van der Waals surface area contributed by atoms with Crippen LogP contribution in [0.25, 0.3) is 5.69 Å². The van der Waals surface area contributed by atoms with E-state index in [-0.39, 0.29) is 5.56 Å². The number of hydrogen-bond donors (Lipinski definition) is 1. The number of carboxylic acid groups (broad SMARTS) is 1. The Morgan fingerprint density at radius 1 is 1.41 bits per heavy atom. The van der Waals surface area contributed by atoms with Crippen molar-refractivity contribution < 1.29 is 14.3 Å². The van der Waals surface area contributed by atoms with E-state index in [1.165, 1.54) is 18.5 Å². The van der Waals surface area contributed by atoms with E-state index in [0.717, 1.165) is 17.5 Å². The third kappa shape index (κ3) is 1.91. The molecule has 4 nitrogen and oxygen atoms in total. The van der Waals surface area contributed by atoms with Crippen molar-refractivity contribution in [1.82, 2.24) is 9.55 Å². The molecule has 0 amide bonds. The molecule has 0 unspecified atom stereocenters. The van der Waals surface area contributed by atoms with Gasteiger partial charge in [0.1, 0.15) is 5.82 Å². The minimum atomic E-state index is -1.14. The molecule has 2 aromatic rings. The maximum absolute atomic E-state index is 13.8. The van der Waals surface area contributed by atoms with Crippen LogP contribution >= 0.6 is 0 Å². The van der Waals surface area contributed by atoms with E-state index >= 15 is 0 Å². The van der Waals surface area contributed by atoms with Crippen molar-refractivity contribution in [2.45, 2.75) is 13.8 Å². The Balaban J connectivity index is 2.54. The van der Waals surface area contributed by atoms with Crippen LogP contribution in [0.2, 0.25) is 0 Å². The summed E-state index contributed by atoms with van der Waals surface area (Å²) in [6.45, 7) is 3.65. The summed E-state index contributed by atoms with van der Waals surface area (Å²) in [4.78, 5) is 14.8. The minimum absolute atomic E-state index is 0.0688. The van der Waals surface area contributed by atoms with E-state index in [4.69, 9.17) is 5.11 Å². The molecule has 0 aliphatic carbocycles. The monoisotopic (exact) mass is 234 g/mol. The van der Waals surface area contributed by atoms with Gasteiger partial charge in [0.25, 0.3) is 0 Å². The van der Waals surface area contributed by atoms with Gasteiger partial charge in [0.2, 0.25) is 0 Å². The van der Waals surface area contributed by atoms with Crippen LogP contribution in [0.5, 0.6) is 0 Å². The number of halogens is 1. The summed E-state index contributed by atoms with van der Waals surface area (Å²) in [5, 5.41) is 8.74. The fourth-order valence-corrected chi connectivity index (χ4v) is 1.58. The molecule has 1 aromatic heterocycles. The fraction of sp³-hybridized carbons (Fsp3) is 0.167. The smallest absolute Gasteiger partial charge is 0.335 e. The number of aryl methyl sites for hydroxylation is 1. The summed E-state index contributed by atoms with van der Waals surface area (Å²) in [5.41, 5.74) is 1.87. The van der Waals surface area contributed by atoms with E-state index in [2.05, 4.69) is 4.98 Å². The van der Waals surface area contributed by atoms with Gasteiger partial charge in [-0.15, -0.1) is 0 Å². The first-order chi connectivity index (χ1) is 8.00. The van der Waals surface area contributed by atoms with E-state index in [0.29, 0.717) is 5.69 Å². The molecular formula is C12H11FN2O2. The SMILES string of the molecule is Cc1ncn(-c2ccc(C(=O)O)cc2F)c1C. The number of carbonyl (C=O) groups is 1. The molecule has 0 saturated heterocycles. The van der Waals surface area contributed by atoms with E-state index in [9.17, 15) is 9.18 Å². The Labute approximate surface area is 97.3 Å². The first-order valence-electron chi connectivity index (χ1n) is 5.04. The van der Waals surface area contributed by atoms with Gasteiger partial charge in [-0.25, -0.2) is 14.2 Å². The maximum atomic E-state index is 13.8. The normalized spacial score (nSPS) is 10.5. The van der Waals surface area contributed by atoms with Crippen LogP contribution in [0.1, 0.15) is 21.7 Å². The molecule has 1 N–H and O–H groups in total. The van der Waals surface area contributed by atoms with Crippen molar-refractivity contribution in [1.29, 1.82) is 0 Å². The minimum Gasteiger partial charge on any atom is -0.478 e. The molecular weight excluding hydrogens is 223 g/mol. The van der Waals surface area contributed by atoms with Gasteiger partial charge in [-0.05, 0) is 32.0 Å². The third-order valence-corrected chi connectivity index (χ3v) is 2.71. The number of imidazole rings is 1. The molecule has 0 aliphatic rings. The molecule has 0 fully saturated rings. The molecule has 0 aliphatic heterocycles. The van der Waals surface area contributed by atoms with E-state index in [1.807, 2.05) is 13.8 Å². The predicted octanol–water partition coefficient (Wildman–Crippen LogP) is 2.33. The first-order valence-corrected chi connectivity index (χ1v) is 5.04. The van der Waals surface area contributed by atoms with Crippen molar-refractivity contribution >= 4 is 5.97 Å². The topological polar surface area (TPSA) is 55.1 Å². The summed E-state index contributed by atoms with van der Waals surface area (Å²) >= 11 is 0. The number of rotatable bonds is 2. The average molecular weight is 234 g/mol. The van der Waals surface area contributed by atoms with Crippen LogP contribution in [0, 0.1) is 19.7 Å². The van der Waals surface area contributed by atoms with Crippen LogP contribution in [0.3, 0.4) is 0 Å². The third-order valence-electron chi connectivity index (χ3n) is 2.71. The summed E-state index contributed by atoms with van der Waals surface area (Å²) in [6.07, 6.45) is 1.52. The molecule has 88 valence electrons. The van der Waals surface area contributed by atoms with Crippen molar-refractivity contribution in [3.8, 4) is 5.69 Å². The number of aromatic carboxylic acids is 1. The van der Waals surface area contributed by atoms with Crippen LogP contribution in [0.15, 0.2) is 24.5 Å². The predicted molar refractivity (Wildman–Crippen MR) is 60.0 cm³/mol. The number of carboxylic acids is 1. The Hall–Kier alpha value is -2.17. The van der Waals surface area contributed by atoms with Crippen LogP contribution in [-0.4, -0.2) is 20.6 Å². The van der Waals surface area contributed by atoms with Gasteiger partial charge in [-0.3, -0.25) is 0 Å². The highest BCUT2D eigenvalue weighted by Crippen LogP contribution is 2.18. The van der Waals surface area contributed by atoms with Crippen LogP contribution < -0.4 is 0 Å². The van der Waals surface area contributed by atoms with Gasteiger partial charge in [-0.1, -0.05) is 0 Å². The summed E-state index contributed by atoms with van der Waals surface area (Å²) in [7, 11) is 0.